The van der Waals surface area contributed by atoms with Gasteiger partial charge in [0.05, 0.1) is 11.3 Å². The Kier molecular flexibility index (Phi) is 5.25. The molecule has 0 fully saturated rings. The van der Waals surface area contributed by atoms with E-state index in [1.54, 1.807) is 0 Å². The van der Waals surface area contributed by atoms with Crippen molar-refractivity contribution in [1.29, 1.82) is 0 Å². The summed E-state index contributed by atoms with van der Waals surface area (Å²) in [6.45, 7) is 5.44. The average Bonchev–Trinajstić information content (AvgIpc) is 3.04. The van der Waals surface area contributed by atoms with E-state index in [0.29, 0.717) is 11.7 Å². The number of thioether (sulfide) groups is 1. The summed E-state index contributed by atoms with van der Waals surface area (Å²) >= 11 is 1.30. The van der Waals surface area contributed by atoms with Gasteiger partial charge in [0.25, 0.3) is 0 Å². The number of carbonyl (C=O) groups is 1. The molecule has 28 heavy (non-hydrogen) atoms. The highest BCUT2D eigenvalue weighted by molar-refractivity contribution is 7.99. The lowest BCUT2D eigenvalue weighted by Crippen LogP contribution is -2.24. The van der Waals surface area contributed by atoms with Gasteiger partial charge in [-0.15, -0.1) is 10.2 Å². The molecule has 0 bridgehead atoms. The first kappa shape index (κ1) is 18.4. The van der Waals surface area contributed by atoms with E-state index < -0.39 is 0 Å². The van der Waals surface area contributed by atoms with Gasteiger partial charge in [-0.2, -0.15) is 0 Å². The molecule has 0 saturated carbocycles. The van der Waals surface area contributed by atoms with Gasteiger partial charge in [0, 0.05) is 18.5 Å². The zero-order chi connectivity index (χ0) is 19.5. The monoisotopic (exact) mass is 391 g/mol. The smallest absolute Gasteiger partial charge is 0.230 e. The molecule has 0 aliphatic carbocycles. The van der Waals surface area contributed by atoms with Crippen LogP contribution in [0.5, 0.6) is 0 Å². The first-order valence-corrected chi connectivity index (χ1v) is 10.2. The van der Waals surface area contributed by atoms with Crippen LogP contribution in [0.4, 0.5) is 0 Å². The molecule has 4 aromatic rings. The second-order valence-electron chi connectivity index (χ2n) is 6.58. The Morgan fingerprint density at radius 2 is 1.89 bits per heavy atom. The molecule has 2 aromatic heterocycles. The Morgan fingerprint density at radius 1 is 1.11 bits per heavy atom. The van der Waals surface area contributed by atoms with E-state index >= 15 is 0 Å². The van der Waals surface area contributed by atoms with Crippen LogP contribution in [0.15, 0.2) is 53.7 Å². The van der Waals surface area contributed by atoms with Crippen molar-refractivity contribution in [2.75, 3.05) is 5.75 Å². The molecule has 0 unspecified atom stereocenters. The van der Waals surface area contributed by atoms with Crippen LogP contribution in [-0.4, -0.2) is 31.4 Å². The number of aryl methyl sites for hydroxylation is 2. The van der Waals surface area contributed by atoms with Gasteiger partial charge >= 0.3 is 0 Å². The summed E-state index contributed by atoms with van der Waals surface area (Å²) in [7, 11) is 0. The van der Waals surface area contributed by atoms with Crippen LogP contribution in [0.2, 0.25) is 0 Å². The summed E-state index contributed by atoms with van der Waals surface area (Å²) in [5, 5.41) is 13.1. The molecule has 0 aliphatic rings. The van der Waals surface area contributed by atoms with Crippen LogP contribution >= 0.6 is 11.8 Å². The first-order chi connectivity index (χ1) is 13.7. The van der Waals surface area contributed by atoms with E-state index in [-0.39, 0.29) is 11.7 Å². The minimum atomic E-state index is -0.0506. The number of hydrogen-bond acceptors (Lipinski definition) is 5. The predicted octanol–water partition coefficient (Wildman–Crippen LogP) is 3.72. The zero-order valence-electron chi connectivity index (χ0n) is 15.8. The lowest BCUT2D eigenvalue weighted by molar-refractivity contribution is -0.118. The number of carbonyl (C=O) groups excluding carboxylic acids is 1. The van der Waals surface area contributed by atoms with Crippen molar-refractivity contribution >= 4 is 39.7 Å². The van der Waals surface area contributed by atoms with E-state index in [4.69, 9.17) is 0 Å². The van der Waals surface area contributed by atoms with E-state index in [9.17, 15) is 4.79 Å². The Bertz CT molecular complexity index is 1140. The van der Waals surface area contributed by atoms with Crippen molar-refractivity contribution in [3.05, 3.63) is 59.7 Å². The van der Waals surface area contributed by atoms with Gasteiger partial charge in [-0.05, 0) is 25.5 Å². The summed E-state index contributed by atoms with van der Waals surface area (Å²) in [5.74, 6) is 0.205. The second kappa shape index (κ2) is 7.98. The maximum absolute atomic E-state index is 12.2. The Labute approximate surface area is 167 Å². The highest BCUT2D eigenvalue weighted by Crippen LogP contribution is 2.26. The highest BCUT2D eigenvalue weighted by Gasteiger charge is 2.14. The molecular formula is C21H21N5OS. The standard InChI is InChI=1S/C21H21N5OS/c1-3-26-17-7-5-4-6-16(17)19-20(26)23-21(25-24-19)28-13-18(27)22-12-15-10-8-14(2)9-11-15/h4-11H,3,12-13H2,1-2H3,(H,22,27). The van der Waals surface area contributed by atoms with Crippen molar-refractivity contribution in [1.82, 2.24) is 25.1 Å². The van der Waals surface area contributed by atoms with Crippen molar-refractivity contribution < 1.29 is 4.79 Å². The fraction of sp³-hybridized carbons (Fsp3) is 0.238. The summed E-state index contributed by atoms with van der Waals surface area (Å²) in [5.41, 5.74) is 4.98. The lowest BCUT2D eigenvalue weighted by atomic mass is 10.1. The highest BCUT2D eigenvalue weighted by atomic mass is 32.2. The van der Waals surface area contributed by atoms with E-state index in [2.05, 4.69) is 38.1 Å². The van der Waals surface area contributed by atoms with E-state index in [1.165, 1.54) is 17.3 Å². The van der Waals surface area contributed by atoms with Crippen molar-refractivity contribution in [3.63, 3.8) is 0 Å². The van der Waals surface area contributed by atoms with E-state index in [1.807, 2.05) is 49.4 Å². The van der Waals surface area contributed by atoms with Gasteiger partial charge in [0.15, 0.2) is 5.65 Å². The van der Waals surface area contributed by atoms with Crippen molar-refractivity contribution in [2.24, 2.45) is 0 Å². The third-order valence-corrected chi connectivity index (χ3v) is 5.45. The summed E-state index contributed by atoms with van der Waals surface area (Å²) in [6.07, 6.45) is 0. The molecule has 2 aromatic carbocycles. The zero-order valence-corrected chi connectivity index (χ0v) is 16.7. The third-order valence-electron chi connectivity index (χ3n) is 4.61. The normalized spacial score (nSPS) is 11.2. The Balaban J connectivity index is 1.45. The largest absolute Gasteiger partial charge is 0.351 e. The van der Waals surface area contributed by atoms with Gasteiger partial charge < -0.3 is 9.88 Å². The molecule has 6 nitrogen and oxygen atoms in total. The fourth-order valence-electron chi connectivity index (χ4n) is 3.16. The SMILES string of the molecule is CCn1c2ccccc2c2nnc(SCC(=O)NCc3ccc(C)cc3)nc21. The number of nitrogens with one attached hydrogen (secondary N) is 1. The van der Waals surface area contributed by atoms with Gasteiger partial charge in [-0.1, -0.05) is 59.8 Å². The van der Waals surface area contributed by atoms with Crippen LogP contribution in [0, 0.1) is 6.92 Å². The van der Waals surface area contributed by atoms with Crippen LogP contribution < -0.4 is 5.32 Å². The molecular weight excluding hydrogens is 370 g/mol. The average molecular weight is 392 g/mol. The number of aromatic nitrogens is 4. The predicted molar refractivity (Wildman–Crippen MR) is 112 cm³/mol. The number of para-hydroxylation sites is 1. The minimum absolute atomic E-state index is 0.0506. The van der Waals surface area contributed by atoms with Crippen LogP contribution in [0.1, 0.15) is 18.1 Å². The molecule has 2 heterocycles. The lowest BCUT2D eigenvalue weighted by Gasteiger charge is -2.05. The van der Waals surface area contributed by atoms with Crippen LogP contribution in [0.25, 0.3) is 22.1 Å². The van der Waals surface area contributed by atoms with Crippen molar-refractivity contribution in [3.8, 4) is 0 Å². The molecule has 0 spiro atoms. The molecule has 0 saturated heterocycles. The number of hydrogen-bond donors (Lipinski definition) is 1. The number of rotatable bonds is 6. The Morgan fingerprint density at radius 3 is 2.68 bits per heavy atom. The summed E-state index contributed by atoms with van der Waals surface area (Å²) in [4.78, 5) is 16.8. The summed E-state index contributed by atoms with van der Waals surface area (Å²) < 4.78 is 2.13. The van der Waals surface area contributed by atoms with Gasteiger partial charge in [0.1, 0.15) is 5.52 Å². The molecule has 7 heteroatoms. The fourth-order valence-corrected chi connectivity index (χ4v) is 3.77. The molecule has 4 rings (SSSR count). The molecule has 0 radical (unpaired) electrons. The molecule has 0 aliphatic heterocycles. The molecule has 142 valence electrons. The van der Waals surface area contributed by atoms with Crippen LogP contribution in [-0.2, 0) is 17.9 Å². The number of benzene rings is 2. The number of amides is 1. The maximum Gasteiger partial charge on any atom is 0.230 e. The second-order valence-corrected chi connectivity index (χ2v) is 7.52. The molecule has 0 atom stereocenters. The topological polar surface area (TPSA) is 72.7 Å². The minimum Gasteiger partial charge on any atom is -0.351 e. The number of fused-ring (bicyclic) bond motifs is 3. The molecule has 1 amide bonds. The maximum atomic E-state index is 12.2. The van der Waals surface area contributed by atoms with Crippen molar-refractivity contribution in [2.45, 2.75) is 32.1 Å². The third kappa shape index (κ3) is 3.71. The van der Waals surface area contributed by atoms with Gasteiger partial charge in [0.2, 0.25) is 11.1 Å². The summed E-state index contributed by atoms with van der Waals surface area (Å²) in [6, 6.07) is 16.2. The quantitative estimate of drug-likeness (QED) is 0.507. The first-order valence-electron chi connectivity index (χ1n) is 9.22. The van der Waals surface area contributed by atoms with Gasteiger partial charge in [-0.3, -0.25) is 4.79 Å². The Hall–Kier alpha value is -2.93. The van der Waals surface area contributed by atoms with Gasteiger partial charge in [-0.25, -0.2) is 4.98 Å². The van der Waals surface area contributed by atoms with Crippen LogP contribution in [0.3, 0.4) is 0 Å². The molecule has 1 N–H and O–H groups in total. The van der Waals surface area contributed by atoms with E-state index in [0.717, 1.165) is 34.2 Å². The number of nitrogens with zero attached hydrogens (tertiary/aromatic N) is 4.